The van der Waals surface area contributed by atoms with Gasteiger partial charge in [0, 0.05) is 66.1 Å². The Labute approximate surface area is 737 Å². The summed E-state index contributed by atoms with van der Waals surface area (Å²) in [5.41, 5.74) is 2.84. The third kappa shape index (κ3) is 56.2. The van der Waals surface area contributed by atoms with Crippen molar-refractivity contribution < 1.29 is 52.4 Å². The van der Waals surface area contributed by atoms with Crippen LogP contribution in [0.2, 0.25) is 0 Å². The molecule has 1 heterocycles. The maximum atomic E-state index is 13.2. The summed E-state index contributed by atoms with van der Waals surface area (Å²) in [5.74, 6) is -0.889. The Kier molecular flexibility index (Phi) is 68.0. The molecule has 1 aliphatic heterocycles. The molecular weight excluding hydrogens is 1510 g/mol. The molecule has 0 saturated heterocycles. The summed E-state index contributed by atoms with van der Waals surface area (Å²) < 4.78 is 32.2. The van der Waals surface area contributed by atoms with E-state index in [-0.39, 0.29) is 58.2 Å². The molecule has 0 spiro atoms. The molecule has 0 aromatic heterocycles. The second-order valence-electron chi connectivity index (χ2n) is 35.1. The second kappa shape index (κ2) is 77.1. The normalized spacial score (nSPS) is 11.4. The first-order valence-corrected chi connectivity index (χ1v) is 50.9. The van der Waals surface area contributed by atoms with Crippen LogP contribution in [0.15, 0.2) is 65.1 Å². The minimum absolute atomic E-state index is 0.0126. The quantitative estimate of drug-likeness (QED) is 0.0141. The first-order chi connectivity index (χ1) is 59.6. The monoisotopic (exact) mass is 1690 g/mol. The summed E-state index contributed by atoms with van der Waals surface area (Å²) in [4.78, 5) is 68.0. The molecule has 0 bridgehead atoms. The molecular formula is C104H178N6O11. The van der Waals surface area contributed by atoms with Crippen molar-refractivity contribution in [2.45, 2.75) is 439 Å². The number of carboxylic acids is 1. The Bertz CT molecular complexity index is 3100. The Morgan fingerprint density at radius 2 is 0.603 bits per heavy atom. The summed E-state index contributed by atoms with van der Waals surface area (Å²) >= 11 is 0. The number of fused-ring (bicyclic) bond motifs is 2. The largest absolute Gasteiger partial charge is 0.545 e. The van der Waals surface area contributed by atoms with Crippen molar-refractivity contribution in [3.63, 3.8) is 0 Å². The molecule has 4 N–H and O–H groups in total. The maximum absolute atomic E-state index is 13.2. The Balaban J connectivity index is 1.47. The number of carbonyl (C=O) groups excluding carboxylic acids is 5. The number of amides is 4. The maximum Gasteiger partial charge on any atom is 0.407 e. The van der Waals surface area contributed by atoms with E-state index in [9.17, 15) is 29.1 Å². The van der Waals surface area contributed by atoms with Gasteiger partial charge in [0.1, 0.15) is 24.6 Å². The summed E-state index contributed by atoms with van der Waals surface area (Å²) in [7, 11) is 0. The van der Waals surface area contributed by atoms with E-state index in [1.54, 1.807) is 24.3 Å². The number of anilines is 1. The van der Waals surface area contributed by atoms with E-state index in [1.165, 1.54) is 334 Å². The van der Waals surface area contributed by atoms with Gasteiger partial charge in [0.15, 0.2) is 26.3 Å². The fourth-order valence-corrected chi connectivity index (χ4v) is 16.8. The standard InChI is InChI=1S/C104H178N6O11/c1-5-9-13-17-21-25-29-33-37-41-45-49-53-57-61-67-77-105-101(113)117-85-81-109(82-86-118-102(114)106-78-68-62-58-54-50-46-42-38-34-30-26-22-18-14-10-6-2)91-73-75-95-97(89-91)121-98-90-92(74-76-96(98)99(95)93-71-65-66-72-94(93)100(111)112)110(83-87-119-103(115)107-79-69-63-59-55-51-47-43-39-35-31-27-23-19-15-11-7-3)84-88-120-104(116)108-80-70-64-60-56-52-48-44-40-36-32-28-24-20-16-12-8-4/h65-66,71-76,89-90H,5-64,67-70,77-88H2,1-4H3,(H4-,105,106,107,108,111,112,113,114,115,116). The highest BCUT2D eigenvalue weighted by atomic mass is 16.6. The van der Waals surface area contributed by atoms with Gasteiger partial charge >= 0.3 is 24.4 Å². The van der Waals surface area contributed by atoms with E-state index in [0.29, 0.717) is 70.6 Å². The fourth-order valence-electron chi connectivity index (χ4n) is 16.8. The van der Waals surface area contributed by atoms with Crippen LogP contribution in [0.5, 0.6) is 0 Å². The number of ether oxygens (including phenoxy) is 4. The van der Waals surface area contributed by atoms with Crippen LogP contribution in [0.3, 0.4) is 0 Å². The molecule has 0 saturated carbocycles. The van der Waals surface area contributed by atoms with Crippen LogP contribution in [0.1, 0.15) is 449 Å². The van der Waals surface area contributed by atoms with Crippen molar-refractivity contribution in [3.8, 4) is 22.5 Å². The smallest absolute Gasteiger partial charge is 0.407 e. The molecule has 0 atom stereocenters. The lowest BCUT2D eigenvalue weighted by Crippen LogP contribution is -2.38. The van der Waals surface area contributed by atoms with Crippen LogP contribution in [0.4, 0.5) is 24.9 Å². The van der Waals surface area contributed by atoms with Crippen LogP contribution in [0, 0.1) is 0 Å². The van der Waals surface area contributed by atoms with E-state index in [1.807, 2.05) is 45.9 Å². The molecule has 0 unspecified atom stereocenters. The number of hydrogen-bond donors (Lipinski definition) is 4. The number of carbonyl (C=O) groups is 5. The lowest BCUT2D eigenvalue weighted by molar-refractivity contribution is -0.255. The van der Waals surface area contributed by atoms with Crippen LogP contribution in [-0.2, 0) is 18.9 Å². The summed E-state index contributed by atoms with van der Waals surface area (Å²) in [6, 6.07) is 18.2. The van der Waals surface area contributed by atoms with E-state index >= 15 is 0 Å². The van der Waals surface area contributed by atoms with Gasteiger partial charge in [0.2, 0.25) is 5.36 Å². The molecule has 0 radical (unpaired) electrons. The van der Waals surface area contributed by atoms with E-state index in [2.05, 4.69) is 49.0 Å². The summed E-state index contributed by atoms with van der Waals surface area (Å²) in [5, 5.41) is 26.2. The number of nitrogens with one attached hydrogen (secondary N) is 4. The highest BCUT2D eigenvalue weighted by Crippen LogP contribution is 2.42. The number of aromatic carboxylic acids is 1. The SMILES string of the molecule is CCCCCCCCCCCCCCCCCCNC(=O)OCCN(CCOC(=O)NCCCCCCCCCCCCCCCCCC)c1ccc2c(-c3ccccc3C(=O)[O-])c3ccc(=[N+](CCOC(=O)NCCCCCCCCCCCCCCCCCC)CCOC(=O)NCCCCCCCCCCCCCCCCCC)cc-3oc2c1. The highest BCUT2D eigenvalue weighted by Gasteiger charge is 2.24. The van der Waals surface area contributed by atoms with Gasteiger partial charge in [-0.25, -0.2) is 23.8 Å². The number of benzene rings is 3. The number of rotatable bonds is 83. The first kappa shape index (κ1) is 107. The van der Waals surface area contributed by atoms with Crippen molar-refractivity contribution in [2.24, 2.45) is 0 Å². The Hall–Kier alpha value is -6.52. The predicted octanol–water partition coefficient (Wildman–Crippen LogP) is 28.1. The minimum atomic E-state index is -1.32. The molecule has 2 aromatic carbocycles. The number of alkyl carbamates (subject to hydrolysis) is 4. The Morgan fingerprint density at radius 3 is 0.901 bits per heavy atom. The van der Waals surface area contributed by atoms with Gasteiger partial charge in [-0.2, -0.15) is 0 Å². The van der Waals surface area contributed by atoms with Gasteiger partial charge in [-0.05, 0) is 49.4 Å². The van der Waals surface area contributed by atoms with Crippen LogP contribution in [-0.4, -0.2) is 109 Å². The predicted molar refractivity (Wildman–Crippen MR) is 505 cm³/mol. The second-order valence-corrected chi connectivity index (χ2v) is 35.1. The molecule has 690 valence electrons. The summed E-state index contributed by atoms with van der Waals surface area (Å²) in [6.45, 7) is 12.4. The molecule has 2 aliphatic rings. The summed E-state index contributed by atoms with van der Waals surface area (Å²) in [6.07, 6.45) is 79.8. The van der Waals surface area contributed by atoms with Gasteiger partial charge in [0.25, 0.3) is 0 Å². The molecule has 121 heavy (non-hydrogen) atoms. The third-order valence-electron chi connectivity index (χ3n) is 24.4. The average Bonchev–Trinajstić information content (AvgIpc) is 0.745. The van der Waals surface area contributed by atoms with Crippen molar-refractivity contribution in [2.75, 3.05) is 83.7 Å². The third-order valence-corrected chi connectivity index (χ3v) is 24.4. The average molecular weight is 1690 g/mol. The van der Waals surface area contributed by atoms with Crippen LogP contribution < -0.4 is 41.2 Å². The number of unbranched alkanes of at least 4 members (excludes halogenated alkanes) is 60. The number of hydrogen-bond acceptors (Lipinski definition) is 12. The molecule has 17 nitrogen and oxygen atoms in total. The first-order valence-electron chi connectivity index (χ1n) is 50.9. The van der Waals surface area contributed by atoms with E-state index < -0.39 is 30.3 Å². The lowest BCUT2D eigenvalue weighted by Gasteiger charge is -2.25. The van der Waals surface area contributed by atoms with Crippen LogP contribution >= 0.6 is 0 Å². The van der Waals surface area contributed by atoms with Gasteiger partial charge in [-0.3, -0.25) is 0 Å². The molecule has 2 aromatic rings. The molecule has 0 fully saturated rings. The van der Waals surface area contributed by atoms with E-state index in [4.69, 9.17) is 23.4 Å². The molecule has 4 rings (SSSR count). The topological polar surface area (TPSA) is 213 Å². The number of carboxylic acid groups (broad SMARTS) is 1. The van der Waals surface area contributed by atoms with E-state index in [0.717, 1.165) is 77.0 Å². The Morgan fingerprint density at radius 1 is 0.322 bits per heavy atom. The minimum Gasteiger partial charge on any atom is -0.545 e. The van der Waals surface area contributed by atoms with Crippen molar-refractivity contribution >= 4 is 47.0 Å². The van der Waals surface area contributed by atoms with Gasteiger partial charge in [-0.15, -0.1) is 0 Å². The highest BCUT2D eigenvalue weighted by molar-refractivity contribution is 6.07. The van der Waals surface area contributed by atoms with Crippen molar-refractivity contribution in [1.82, 2.24) is 25.8 Å². The molecule has 1 aliphatic carbocycles. The van der Waals surface area contributed by atoms with Gasteiger partial charge in [-0.1, -0.05) is 437 Å². The zero-order valence-electron chi connectivity index (χ0n) is 77.9. The lowest BCUT2D eigenvalue weighted by atomic mass is 9.90. The van der Waals surface area contributed by atoms with Gasteiger partial charge in [0.05, 0.1) is 25.1 Å². The van der Waals surface area contributed by atoms with Crippen molar-refractivity contribution in [1.29, 1.82) is 0 Å². The fraction of sp³-hybridized carbons (Fsp3) is 0.769. The zero-order valence-corrected chi connectivity index (χ0v) is 77.9. The molecule has 17 heteroatoms. The van der Waals surface area contributed by atoms with Crippen LogP contribution in [0.25, 0.3) is 33.4 Å². The zero-order chi connectivity index (χ0) is 86.4. The number of nitrogens with zero attached hydrogens (tertiary/aromatic N) is 2. The van der Waals surface area contributed by atoms with Crippen molar-refractivity contribution in [3.05, 3.63) is 71.6 Å². The van der Waals surface area contributed by atoms with Gasteiger partial charge < -0.3 is 59.4 Å². The molecule has 4 amide bonds.